The maximum atomic E-state index is 2.65. The highest BCUT2D eigenvalue weighted by molar-refractivity contribution is 4.65. The Morgan fingerprint density at radius 1 is 1.00 bits per heavy atom. The van der Waals surface area contributed by atoms with E-state index in [0.29, 0.717) is 0 Å². The van der Waals surface area contributed by atoms with E-state index in [1.54, 1.807) is 0 Å². The highest BCUT2D eigenvalue weighted by Crippen LogP contribution is 2.10. The molecule has 1 saturated heterocycles. The monoisotopic (exact) mass is 196 g/mol. The molecule has 0 spiro atoms. The van der Waals surface area contributed by atoms with Crippen molar-refractivity contribution in [2.45, 2.75) is 58.3 Å². The van der Waals surface area contributed by atoms with Crippen LogP contribution in [0.15, 0.2) is 0 Å². The van der Waals surface area contributed by atoms with E-state index in [1.165, 1.54) is 71.0 Å². The second-order valence-electron chi connectivity index (χ2n) is 4.45. The summed E-state index contributed by atoms with van der Waals surface area (Å²) >= 11 is 0. The Hall–Kier alpha value is -0.0400. The van der Waals surface area contributed by atoms with Gasteiger partial charge in [0.2, 0.25) is 0 Å². The normalized spacial score (nSPS) is 18.6. The molecule has 83 valence electrons. The SMILES string of the molecule is CC[CH]CCCCCN1CCCCC1. The van der Waals surface area contributed by atoms with Gasteiger partial charge < -0.3 is 4.90 Å². The number of unbranched alkanes of at least 4 members (excludes halogenated alkanes) is 5. The Kier molecular flexibility index (Phi) is 7.12. The van der Waals surface area contributed by atoms with Crippen molar-refractivity contribution in [2.24, 2.45) is 0 Å². The molecule has 1 aliphatic rings. The number of hydrogen-bond donors (Lipinski definition) is 0. The topological polar surface area (TPSA) is 3.24 Å². The Labute approximate surface area is 89.9 Å². The van der Waals surface area contributed by atoms with E-state index < -0.39 is 0 Å². The molecular weight excluding hydrogens is 170 g/mol. The summed E-state index contributed by atoms with van der Waals surface area (Å²) in [4.78, 5) is 2.65. The van der Waals surface area contributed by atoms with Crippen LogP contribution in [0.5, 0.6) is 0 Å². The summed E-state index contributed by atoms with van der Waals surface area (Å²) in [5.41, 5.74) is 0. The van der Waals surface area contributed by atoms with Crippen LogP contribution in [0.2, 0.25) is 0 Å². The number of piperidine rings is 1. The summed E-state index contributed by atoms with van der Waals surface area (Å²) in [5.74, 6) is 0. The summed E-state index contributed by atoms with van der Waals surface area (Å²) in [5, 5.41) is 0. The average molecular weight is 196 g/mol. The van der Waals surface area contributed by atoms with Crippen LogP contribution in [-0.2, 0) is 0 Å². The van der Waals surface area contributed by atoms with Gasteiger partial charge in [-0.05, 0) is 45.3 Å². The molecule has 1 heterocycles. The van der Waals surface area contributed by atoms with Crippen molar-refractivity contribution in [3.63, 3.8) is 0 Å². The van der Waals surface area contributed by atoms with E-state index in [4.69, 9.17) is 0 Å². The van der Waals surface area contributed by atoms with Crippen molar-refractivity contribution in [3.05, 3.63) is 6.42 Å². The van der Waals surface area contributed by atoms with Crippen LogP contribution in [0, 0.1) is 6.42 Å². The van der Waals surface area contributed by atoms with Gasteiger partial charge in [0.15, 0.2) is 0 Å². The minimum absolute atomic E-state index is 1.24. The highest BCUT2D eigenvalue weighted by atomic mass is 15.1. The molecule has 0 unspecified atom stereocenters. The van der Waals surface area contributed by atoms with Gasteiger partial charge in [-0.15, -0.1) is 0 Å². The fraction of sp³-hybridized carbons (Fsp3) is 0.923. The second-order valence-corrected chi connectivity index (χ2v) is 4.45. The van der Waals surface area contributed by atoms with Crippen molar-refractivity contribution in [1.82, 2.24) is 4.90 Å². The van der Waals surface area contributed by atoms with E-state index >= 15 is 0 Å². The third-order valence-electron chi connectivity index (χ3n) is 3.12. The van der Waals surface area contributed by atoms with Gasteiger partial charge in [-0.1, -0.05) is 39.0 Å². The summed E-state index contributed by atoms with van der Waals surface area (Å²) in [6, 6.07) is 0. The molecule has 0 aromatic heterocycles. The molecule has 0 aromatic rings. The molecule has 1 heteroatoms. The van der Waals surface area contributed by atoms with Gasteiger partial charge in [0, 0.05) is 0 Å². The van der Waals surface area contributed by atoms with Gasteiger partial charge in [-0.3, -0.25) is 0 Å². The molecule has 1 nitrogen and oxygen atoms in total. The van der Waals surface area contributed by atoms with Crippen LogP contribution in [0.3, 0.4) is 0 Å². The first-order chi connectivity index (χ1) is 6.93. The summed E-state index contributed by atoms with van der Waals surface area (Å²) < 4.78 is 0. The molecule has 1 rings (SSSR count). The third kappa shape index (κ3) is 5.64. The van der Waals surface area contributed by atoms with Crippen molar-refractivity contribution < 1.29 is 0 Å². The summed E-state index contributed by atoms with van der Waals surface area (Å²) in [6.45, 7) is 6.31. The van der Waals surface area contributed by atoms with E-state index in [-0.39, 0.29) is 0 Å². The Morgan fingerprint density at radius 2 is 1.79 bits per heavy atom. The minimum Gasteiger partial charge on any atom is -0.303 e. The molecule has 0 aromatic carbocycles. The van der Waals surface area contributed by atoms with Crippen molar-refractivity contribution >= 4 is 0 Å². The number of likely N-dealkylation sites (tertiary alicyclic amines) is 1. The summed E-state index contributed by atoms with van der Waals surface area (Å²) in [6.07, 6.45) is 13.5. The first kappa shape index (κ1) is 12.0. The predicted octanol–water partition coefficient (Wildman–Crippen LogP) is 3.65. The van der Waals surface area contributed by atoms with Gasteiger partial charge >= 0.3 is 0 Å². The van der Waals surface area contributed by atoms with Gasteiger partial charge in [-0.2, -0.15) is 0 Å². The van der Waals surface area contributed by atoms with Crippen molar-refractivity contribution in [1.29, 1.82) is 0 Å². The molecule has 14 heavy (non-hydrogen) atoms. The standard InChI is InChI=1S/C13H26N/c1-2-3-4-5-6-8-11-14-12-9-7-10-13-14/h3H,2,4-13H2,1H3. The van der Waals surface area contributed by atoms with E-state index in [0.717, 1.165) is 0 Å². The van der Waals surface area contributed by atoms with Crippen LogP contribution >= 0.6 is 0 Å². The molecular formula is C13H26N. The molecule has 0 aliphatic carbocycles. The molecule has 0 atom stereocenters. The zero-order valence-electron chi connectivity index (χ0n) is 9.80. The van der Waals surface area contributed by atoms with Crippen molar-refractivity contribution in [3.8, 4) is 0 Å². The lowest BCUT2D eigenvalue weighted by atomic mass is 10.1. The molecule has 0 saturated carbocycles. The summed E-state index contributed by atoms with van der Waals surface area (Å²) in [7, 11) is 0. The first-order valence-electron chi connectivity index (χ1n) is 6.47. The largest absolute Gasteiger partial charge is 0.303 e. The van der Waals surface area contributed by atoms with E-state index in [9.17, 15) is 0 Å². The quantitative estimate of drug-likeness (QED) is 0.562. The van der Waals surface area contributed by atoms with Crippen molar-refractivity contribution in [2.75, 3.05) is 19.6 Å². The fourth-order valence-electron chi connectivity index (χ4n) is 2.19. The molecule has 0 bridgehead atoms. The Bertz CT molecular complexity index is 116. The van der Waals surface area contributed by atoms with Crippen LogP contribution < -0.4 is 0 Å². The zero-order chi connectivity index (χ0) is 10.1. The van der Waals surface area contributed by atoms with Crippen LogP contribution in [0.25, 0.3) is 0 Å². The van der Waals surface area contributed by atoms with E-state index in [2.05, 4.69) is 18.2 Å². The van der Waals surface area contributed by atoms with Crippen LogP contribution in [0.4, 0.5) is 0 Å². The third-order valence-corrected chi connectivity index (χ3v) is 3.12. The lowest BCUT2D eigenvalue weighted by molar-refractivity contribution is 0.224. The smallest absolute Gasteiger partial charge is 0.00187 e. The van der Waals surface area contributed by atoms with Crippen LogP contribution in [-0.4, -0.2) is 24.5 Å². The maximum absolute atomic E-state index is 2.65. The van der Waals surface area contributed by atoms with Gasteiger partial charge in [0.05, 0.1) is 0 Å². The van der Waals surface area contributed by atoms with Gasteiger partial charge in [-0.25, -0.2) is 0 Å². The second kappa shape index (κ2) is 8.28. The fourth-order valence-corrected chi connectivity index (χ4v) is 2.19. The lowest BCUT2D eigenvalue weighted by Gasteiger charge is -2.26. The average Bonchev–Trinajstić information content (AvgIpc) is 2.25. The number of rotatable bonds is 7. The molecule has 1 fully saturated rings. The predicted molar refractivity (Wildman–Crippen MR) is 63.4 cm³/mol. The molecule has 0 N–H and O–H groups in total. The van der Waals surface area contributed by atoms with E-state index in [1.807, 2.05) is 0 Å². The lowest BCUT2D eigenvalue weighted by Crippen LogP contribution is -2.30. The molecule has 0 amide bonds. The van der Waals surface area contributed by atoms with Gasteiger partial charge in [0.1, 0.15) is 0 Å². The maximum Gasteiger partial charge on any atom is -0.00187 e. The van der Waals surface area contributed by atoms with Crippen LogP contribution in [0.1, 0.15) is 58.3 Å². The number of nitrogens with zero attached hydrogens (tertiary/aromatic N) is 1. The molecule has 1 aliphatic heterocycles. The highest BCUT2D eigenvalue weighted by Gasteiger charge is 2.08. The molecule has 1 radical (unpaired) electrons. The first-order valence-corrected chi connectivity index (χ1v) is 6.47. The minimum atomic E-state index is 1.24. The zero-order valence-corrected chi connectivity index (χ0v) is 9.80. The number of hydrogen-bond acceptors (Lipinski definition) is 1. The Morgan fingerprint density at radius 3 is 2.50 bits per heavy atom. The van der Waals surface area contributed by atoms with Gasteiger partial charge in [0.25, 0.3) is 0 Å². The Balaban J connectivity index is 1.82.